The van der Waals surface area contributed by atoms with Gasteiger partial charge in [-0.2, -0.15) is 0 Å². The lowest BCUT2D eigenvalue weighted by atomic mass is 10.2. The van der Waals surface area contributed by atoms with E-state index in [1.54, 1.807) is 14.0 Å². The van der Waals surface area contributed by atoms with E-state index in [4.69, 9.17) is 4.74 Å². The van der Waals surface area contributed by atoms with Crippen molar-refractivity contribution in [2.24, 2.45) is 0 Å². The molecule has 2 aromatic heterocycles. The lowest BCUT2D eigenvalue weighted by molar-refractivity contribution is 0.189. The second kappa shape index (κ2) is 5.23. The van der Waals surface area contributed by atoms with Crippen LogP contribution in [0.15, 0.2) is 30.5 Å². The molecule has 0 aliphatic heterocycles. The van der Waals surface area contributed by atoms with E-state index >= 15 is 0 Å². The SMILES string of the molecule is COc1cc(C)nc(Cn2cccc2C(C)O)c1. The maximum Gasteiger partial charge on any atom is 0.122 e. The van der Waals surface area contributed by atoms with Crippen LogP contribution in [0.1, 0.15) is 30.1 Å². The Bertz CT molecular complexity index is 532. The normalized spacial score (nSPS) is 12.4. The molecule has 1 N–H and O–H groups in total. The number of aromatic nitrogens is 2. The Kier molecular flexibility index (Phi) is 3.67. The predicted molar refractivity (Wildman–Crippen MR) is 69.7 cm³/mol. The van der Waals surface area contributed by atoms with Gasteiger partial charge in [0.1, 0.15) is 5.75 Å². The number of hydrogen-bond acceptors (Lipinski definition) is 3. The lowest BCUT2D eigenvalue weighted by Crippen LogP contribution is -2.07. The Morgan fingerprint density at radius 2 is 2.22 bits per heavy atom. The second-order valence-corrected chi connectivity index (χ2v) is 4.38. The molecule has 2 rings (SSSR count). The molecule has 0 aromatic carbocycles. The van der Waals surface area contributed by atoms with E-state index in [0.717, 1.165) is 22.8 Å². The molecule has 0 aliphatic carbocycles. The van der Waals surface area contributed by atoms with E-state index in [-0.39, 0.29) is 0 Å². The molecule has 1 atom stereocenters. The van der Waals surface area contributed by atoms with Crippen molar-refractivity contribution in [3.8, 4) is 5.75 Å². The third-order valence-corrected chi connectivity index (χ3v) is 2.84. The standard InChI is InChI=1S/C14H18N2O2/c1-10-7-13(18-3)8-12(15-10)9-16-6-4-5-14(16)11(2)17/h4-8,11,17H,9H2,1-3H3. The van der Waals surface area contributed by atoms with Gasteiger partial charge in [-0.05, 0) is 26.0 Å². The Labute approximate surface area is 107 Å². The van der Waals surface area contributed by atoms with Gasteiger partial charge in [0.2, 0.25) is 0 Å². The first-order chi connectivity index (χ1) is 8.60. The summed E-state index contributed by atoms with van der Waals surface area (Å²) < 4.78 is 7.23. The number of aliphatic hydroxyl groups excluding tert-OH is 1. The summed E-state index contributed by atoms with van der Waals surface area (Å²) in [6, 6.07) is 7.65. The highest BCUT2D eigenvalue weighted by Crippen LogP contribution is 2.17. The topological polar surface area (TPSA) is 47.3 Å². The van der Waals surface area contributed by atoms with Crippen molar-refractivity contribution in [2.75, 3.05) is 7.11 Å². The van der Waals surface area contributed by atoms with Gasteiger partial charge >= 0.3 is 0 Å². The first kappa shape index (κ1) is 12.6. The summed E-state index contributed by atoms with van der Waals surface area (Å²) in [6.07, 6.45) is 1.46. The molecule has 18 heavy (non-hydrogen) atoms. The molecule has 1 unspecified atom stereocenters. The van der Waals surface area contributed by atoms with Gasteiger partial charge in [0.05, 0.1) is 25.5 Å². The van der Waals surface area contributed by atoms with Crippen molar-refractivity contribution < 1.29 is 9.84 Å². The van der Waals surface area contributed by atoms with Gasteiger partial charge in [-0.15, -0.1) is 0 Å². The Morgan fingerprint density at radius 3 is 2.89 bits per heavy atom. The predicted octanol–water partition coefficient (Wildman–Crippen LogP) is 2.30. The summed E-state index contributed by atoms with van der Waals surface area (Å²) in [5, 5.41) is 9.66. The van der Waals surface area contributed by atoms with Crippen LogP contribution >= 0.6 is 0 Å². The van der Waals surface area contributed by atoms with Crippen molar-refractivity contribution in [3.05, 3.63) is 47.5 Å². The third-order valence-electron chi connectivity index (χ3n) is 2.84. The van der Waals surface area contributed by atoms with Gasteiger partial charge in [-0.1, -0.05) is 0 Å². The summed E-state index contributed by atoms with van der Waals surface area (Å²) in [5.74, 6) is 0.809. The van der Waals surface area contributed by atoms with Crippen molar-refractivity contribution in [1.29, 1.82) is 0 Å². The van der Waals surface area contributed by atoms with E-state index in [1.807, 2.05) is 42.0 Å². The maximum absolute atomic E-state index is 9.66. The van der Waals surface area contributed by atoms with Gasteiger partial charge in [0, 0.05) is 29.7 Å². The molecule has 2 aromatic rings. The minimum Gasteiger partial charge on any atom is -0.497 e. The highest BCUT2D eigenvalue weighted by molar-refractivity contribution is 5.27. The zero-order chi connectivity index (χ0) is 13.1. The van der Waals surface area contributed by atoms with Gasteiger partial charge in [-0.3, -0.25) is 4.98 Å². The Balaban J connectivity index is 2.28. The molecule has 0 radical (unpaired) electrons. The summed E-state index contributed by atoms with van der Waals surface area (Å²) in [5.41, 5.74) is 2.73. The molecule has 2 heterocycles. The first-order valence-corrected chi connectivity index (χ1v) is 5.95. The Hall–Kier alpha value is -1.81. The molecule has 0 amide bonds. The largest absolute Gasteiger partial charge is 0.497 e. The monoisotopic (exact) mass is 246 g/mol. The van der Waals surface area contributed by atoms with E-state index in [2.05, 4.69) is 4.98 Å². The van der Waals surface area contributed by atoms with Gasteiger partial charge in [0.25, 0.3) is 0 Å². The fourth-order valence-electron chi connectivity index (χ4n) is 2.03. The number of methoxy groups -OCH3 is 1. The molecule has 0 saturated heterocycles. The highest BCUT2D eigenvalue weighted by Gasteiger charge is 2.08. The number of rotatable bonds is 4. The fraction of sp³-hybridized carbons (Fsp3) is 0.357. The molecular weight excluding hydrogens is 228 g/mol. The zero-order valence-electron chi connectivity index (χ0n) is 10.9. The number of pyridine rings is 1. The quantitative estimate of drug-likeness (QED) is 0.900. The molecule has 96 valence electrons. The van der Waals surface area contributed by atoms with Crippen LogP contribution in [0.3, 0.4) is 0 Å². The molecule has 0 aliphatic rings. The van der Waals surface area contributed by atoms with Crippen LogP contribution in [-0.2, 0) is 6.54 Å². The molecule has 0 saturated carbocycles. The van der Waals surface area contributed by atoms with Crippen LogP contribution in [0, 0.1) is 6.92 Å². The molecule has 0 fully saturated rings. The van der Waals surface area contributed by atoms with Crippen LogP contribution in [0.5, 0.6) is 5.75 Å². The van der Waals surface area contributed by atoms with Crippen LogP contribution in [0.2, 0.25) is 0 Å². The summed E-state index contributed by atoms with van der Waals surface area (Å²) in [6.45, 7) is 4.33. The molecule has 4 nitrogen and oxygen atoms in total. The Morgan fingerprint density at radius 1 is 1.44 bits per heavy atom. The summed E-state index contributed by atoms with van der Waals surface area (Å²) in [4.78, 5) is 4.47. The van der Waals surface area contributed by atoms with E-state index in [0.29, 0.717) is 6.54 Å². The number of aryl methyl sites for hydroxylation is 1. The number of hydrogen-bond donors (Lipinski definition) is 1. The van der Waals surface area contributed by atoms with Crippen molar-refractivity contribution in [2.45, 2.75) is 26.5 Å². The van der Waals surface area contributed by atoms with Gasteiger partial charge < -0.3 is 14.4 Å². The average Bonchev–Trinajstić information content (AvgIpc) is 2.76. The minimum atomic E-state index is -0.480. The minimum absolute atomic E-state index is 0.480. The molecule has 0 spiro atoms. The van der Waals surface area contributed by atoms with Crippen molar-refractivity contribution in [1.82, 2.24) is 9.55 Å². The number of aliphatic hydroxyl groups is 1. The van der Waals surface area contributed by atoms with E-state index in [9.17, 15) is 5.11 Å². The van der Waals surface area contributed by atoms with Crippen molar-refractivity contribution in [3.63, 3.8) is 0 Å². The summed E-state index contributed by atoms with van der Waals surface area (Å²) >= 11 is 0. The molecule has 0 bridgehead atoms. The van der Waals surface area contributed by atoms with Crippen molar-refractivity contribution >= 4 is 0 Å². The van der Waals surface area contributed by atoms with Crippen LogP contribution < -0.4 is 4.74 Å². The van der Waals surface area contributed by atoms with Crippen LogP contribution in [-0.4, -0.2) is 21.8 Å². The van der Waals surface area contributed by atoms with Crippen LogP contribution in [0.25, 0.3) is 0 Å². The fourth-order valence-corrected chi connectivity index (χ4v) is 2.03. The highest BCUT2D eigenvalue weighted by atomic mass is 16.5. The maximum atomic E-state index is 9.66. The average molecular weight is 246 g/mol. The smallest absolute Gasteiger partial charge is 0.122 e. The first-order valence-electron chi connectivity index (χ1n) is 5.95. The second-order valence-electron chi connectivity index (χ2n) is 4.38. The molecule has 4 heteroatoms. The van der Waals surface area contributed by atoms with Gasteiger partial charge in [-0.25, -0.2) is 0 Å². The lowest BCUT2D eigenvalue weighted by Gasteiger charge is -2.12. The summed E-state index contributed by atoms with van der Waals surface area (Å²) in [7, 11) is 1.65. The van der Waals surface area contributed by atoms with E-state index < -0.39 is 6.10 Å². The third kappa shape index (κ3) is 2.71. The van der Waals surface area contributed by atoms with E-state index in [1.165, 1.54) is 0 Å². The zero-order valence-corrected chi connectivity index (χ0v) is 10.9. The number of nitrogens with zero attached hydrogens (tertiary/aromatic N) is 2. The van der Waals surface area contributed by atoms with Crippen LogP contribution in [0.4, 0.5) is 0 Å². The molecular formula is C14H18N2O2. The number of ether oxygens (including phenoxy) is 1. The van der Waals surface area contributed by atoms with Gasteiger partial charge in [0.15, 0.2) is 0 Å².